The van der Waals surface area contributed by atoms with Gasteiger partial charge in [0.1, 0.15) is 0 Å². The molecule has 0 aliphatic carbocycles. The van der Waals surface area contributed by atoms with Crippen LogP contribution < -0.4 is 0 Å². The zero-order valence-electron chi connectivity index (χ0n) is 11.0. The SMILES string of the molecule is Cc1ccc(S(=O)(=O)N2C[C@H](O)[C@@H](C)[C@H]2CO)cc1. The Morgan fingerprint density at radius 3 is 2.42 bits per heavy atom. The van der Waals surface area contributed by atoms with E-state index in [9.17, 15) is 18.6 Å². The van der Waals surface area contributed by atoms with E-state index in [0.29, 0.717) is 0 Å². The monoisotopic (exact) mass is 285 g/mol. The van der Waals surface area contributed by atoms with E-state index in [0.717, 1.165) is 5.56 Å². The molecule has 19 heavy (non-hydrogen) atoms. The molecule has 2 N–H and O–H groups in total. The van der Waals surface area contributed by atoms with Crippen molar-refractivity contribution in [1.29, 1.82) is 0 Å². The highest BCUT2D eigenvalue weighted by Crippen LogP contribution is 2.30. The fourth-order valence-corrected chi connectivity index (χ4v) is 4.10. The molecule has 0 radical (unpaired) electrons. The molecule has 0 amide bonds. The van der Waals surface area contributed by atoms with Crippen molar-refractivity contribution in [1.82, 2.24) is 4.31 Å². The normalized spacial score (nSPS) is 28.7. The Hall–Kier alpha value is -0.950. The summed E-state index contributed by atoms with van der Waals surface area (Å²) in [7, 11) is -3.67. The highest BCUT2D eigenvalue weighted by Gasteiger charge is 2.44. The molecule has 1 heterocycles. The van der Waals surface area contributed by atoms with Gasteiger partial charge >= 0.3 is 0 Å². The molecule has 0 unspecified atom stereocenters. The van der Waals surface area contributed by atoms with Gasteiger partial charge in [-0.25, -0.2) is 8.42 Å². The maximum absolute atomic E-state index is 12.5. The summed E-state index contributed by atoms with van der Waals surface area (Å²) in [4.78, 5) is 0.192. The van der Waals surface area contributed by atoms with E-state index in [1.807, 2.05) is 6.92 Å². The topological polar surface area (TPSA) is 77.8 Å². The first-order valence-corrected chi connectivity index (χ1v) is 7.69. The highest BCUT2D eigenvalue weighted by molar-refractivity contribution is 7.89. The minimum absolute atomic E-state index is 0.0304. The van der Waals surface area contributed by atoms with Gasteiger partial charge in [0.05, 0.1) is 23.6 Å². The van der Waals surface area contributed by atoms with Crippen molar-refractivity contribution < 1.29 is 18.6 Å². The number of aliphatic hydroxyl groups excluding tert-OH is 2. The lowest BCUT2D eigenvalue weighted by atomic mass is 10.0. The third kappa shape index (κ3) is 2.53. The summed E-state index contributed by atoms with van der Waals surface area (Å²) in [6, 6.07) is 6.00. The molecular formula is C13H19NO4S. The van der Waals surface area contributed by atoms with Gasteiger partial charge in [0.15, 0.2) is 0 Å². The highest BCUT2D eigenvalue weighted by atomic mass is 32.2. The van der Waals surface area contributed by atoms with Crippen molar-refractivity contribution >= 4 is 10.0 Å². The Bertz CT molecular complexity index is 540. The quantitative estimate of drug-likeness (QED) is 0.840. The van der Waals surface area contributed by atoms with Crippen LogP contribution in [-0.4, -0.2) is 48.2 Å². The Kier molecular flexibility index (Phi) is 3.96. The fraction of sp³-hybridized carbons (Fsp3) is 0.538. The van der Waals surface area contributed by atoms with Crippen LogP contribution in [0.2, 0.25) is 0 Å². The number of hydrogen-bond donors (Lipinski definition) is 2. The Morgan fingerprint density at radius 1 is 1.32 bits per heavy atom. The van der Waals surface area contributed by atoms with Crippen LogP contribution in [-0.2, 0) is 10.0 Å². The minimum Gasteiger partial charge on any atom is -0.395 e. The summed E-state index contributed by atoms with van der Waals surface area (Å²) in [5, 5.41) is 19.2. The molecule has 0 saturated carbocycles. The Balaban J connectivity index is 2.37. The van der Waals surface area contributed by atoms with Crippen molar-refractivity contribution in [3.8, 4) is 0 Å². The molecule has 2 rings (SSSR count). The number of benzene rings is 1. The number of aliphatic hydroxyl groups is 2. The smallest absolute Gasteiger partial charge is 0.243 e. The van der Waals surface area contributed by atoms with Gasteiger partial charge in [-0.2, -0.15) is 4.31 Å². The molecule has 1 aliphatic heterocycles. The van der Waals surface area contributed by atoms with Crippen LogP contribution in [0.3, 0.4) is 0 Å². The molecule has 0 aromatic heterocycles. The molecule has 1 aromatic carbocycles. The first kappa shape index (κ1) is 14.5. The lowest BCUT2D eigenvalue weighted by molar-refractivity contribution is 0.132. The molecule has 1 saturated heterocycles. The predicted octanol–water partition coefficient (Wildman–Crippen LogP) is 0.357. The van der Waals surface area contributed by atoms with Crippen LogP contribution in [0.25, 0.3) is 0 Å². The molecule has 1 aliphatic rings. The van der Waals surface area contributed by atoms with Crippen molar-refractivity contribution in [3.63, 3.8) is 0 Å². The summed E-state index contributed by atoms with van der Waals surface area (Å²) in [5.41, 5.74) is 0.979. The summed E-state index contributed by atoms with van der Waals surface area (Å²) in [6.45, 7) is 3.37. The number of nitrogens with zero attached hydrogens (tertiary/aromatic N) is 1. The van der Waals surface area contributed by atoms with Crippen LogP contribution in [0.15, 0.2) is 29.2 Å². The van der Waals surface area contributed by atoms with Crippen LogP contribution in [0.1, 0.15) is 12.5 Å². The van der Waals surface area contributed by atoms with Gasteiger partial charge in [0.25, 0.3) is 0 Å². The van der Waals surface area contributed by atoms with Crippen LogP contribution in [0, 0.1) is 12.8 Å². The zero-order chi connectivity index (χ0) is 14.2. The second kappa shape index (κ2) is 5.20. The van der Waals surface area contributed by atoms with Crippen molar-refractivity contribution in [3.05, 3.63) is 29.8 Å². The van der Waals surface area contributed by atoms with Crippen molar-refractivity contribution in [2.45, 2.75) is 30.9 Å². The molecule has 0 spiro atoms. The molecule has 6 heteroatoms. The summed E-state index contributed by atoms with van der Waals surface area (Å²) in [6.07, 6.45) is -0.739. The van der Waals surface area contributed by atoms with Crippen molar-refractivity contribution in [2.75, 3.05) is 13.2 Å². The maximum atomic E-state index is 12.5. The van der Waals surface area contributed by atoms with E-state index < -0.39 is 22.2 Å². The second-order valence-electron chi connectivity index (χ2n) is 5.06. The molecule has 106 valence electrons. The van der Waals surface area contributed by atoms with Gasteiger partial charge < -0.3 is 10.2 Å². The molecular weight excluding hydrogens is 266 g/mol. The lowest BCUT2D eigenvalue weighted by Crippen LogP contribution is -2.39. The van der Waals surface area contributed by atoms with E-state index in [1.165, 1.54) is 4.31 Å². The third-order valence-electron chi connectivity index (χ3n) is 3.77. The standard InChI is InChI=1S/C13H19NO4S/c1-9-3-5-11(6-4-9)19(17,18)14-7-13(16)10(2)12(14)8-15/h3-6,10,12-13,15-16H,7-8H2,1-2H3/t10-,12+,13-/m0/s1. The first-order chi connectivity index (χ1) is 8.87. The number of rotatable bonds is 3. The minimum atomic E-state index is -3.67. The van der Waals surface area contributed by atoms with Gasteiger partial charge in [-0.1, -0.05) is 24.6 Å². The molecule has 1 fully saturated rings. The zero-order valence-corrected chi connectivity index (χ0v) is 11.8. The van der Waals surface area contributed by atoms with Gasteiger partial charge in [0.2, 0.25) is 10.0 Å². The molecule has 3 atom stereocenters. The fourth-order valence-electron chi connectivity index (χ4n) is 2.38. The van der Waals surface area contributed by atoms with E-state index in [4.69, 9.17) is 0 Å². The van der Waals surface area contributed by atoms with Crippen LogP contribution in [0.4, 0.5) is 0 Å². The average molecular weight is 285 g/mol. The summed E-state index contributed by atoms with van der Waals surface area (Å²) in [5.74, 6) is -0.273. The molecule has 0 bridgehead atoms. The molecule has 1 aromatic rings. The number of β-amino-alcohol motifs (C(OH)–C–C–N with tert-alkyl or cyclic N) is 1. The predicted molar refractivity (Wildman–Crippen MR) is 71.1 cm³/mol. The lowest BCUT2D eigenvalue weighted by Gasteiger charge is -2.24. The number of aryl methyl sites for hydroxylation is 1. The third-order valence-corrected chi connectivity index (χ3v) is 5.67. The van der Waals surface area contributed by atoms with Gasteiger partial charge in [-0.05, 0) is 19.1 Å². The Morgan fingerprint density at radius 2 is 1.89 bits per heavy atom. The summed E-state index contributed by atoms with van der Waals surface area (Å²) < 4.78 is 26.2. The van der Waals surface area contributed by atoms with Crippen molar-refractivity contribution in [2.24, 2.45) is 5.92 Å². The van der Waals surface area contributed by atoms with Gasteiger partial charge in [0, 0.05) is 12.5 Å². The van der Waals surface area contributed by atoms with Gasteiger partial charge in [-0.3, -0.25) is 0 Å². The Labute approximate surface area is 113 Å². The van der Waals surface area contributed by atoms with E-state index >= 15 is 0 Å². The average Bonchev–Trinajstić information content (AvgIpc) is 2.66. The maximum Gasteiger partial charge on any atom is 0.243 e. The molecule has 5 nitrogen and oxygen atoms in total. The largest absolute Gasteiger partial charge is 0.395 e. The van der Waals surface area contributed by atoms with Gasteiger partial charge in [-0.15, -0.1) is 0 Å². The second-order valence-corrected chi connectivity index (χ2v) is 6.95. The number of sulfonamides is 1. The summed E-state index contributed by atoms with van der Waals surface area (Å²) >= 11 is 0. The number of hydrogen-bond acceptors (Lipinski definition) is 4. The van der Waals surface area contributed by atoms with E-state index in [1.54, 1.807) is 31.2 Å². The first-order valence-electron chi connectivity index (χ1n) is 6.25. The van der Waals surface area contributed by atoms with E-state index in [2.05, 4.69) is 0 Å². The van der Waals surface area contributed by atoms with Crippen LogP contribution in [0.5, 0.6) is 0 Å². The van der Waals surface area contributed by atoms with Crippen LogP contribution >= 0.6 is 0 Å². The van der Waals surface area contributed by atoms with E-state index in [-0.39, 0.29) is 24.0 Å².